The van der Waals surface area contributed by atoms with Crippen molar-refractivity contribution in [2.45, 2.75) is 13.5 Å². The molecule has 86 valence electrons. The van der Waals surface area contributed by atoms with Gasteiger partial charge in [0.05, 0.1) is 17.9 Å². The summed E-state index contributed by atoms with van der Waals surface area (Å²) in [5.41, 5.74) is 0.603. The van der Waals surface area contributed by atoms with Crippen molar-refractivity contribution in [3.63, 3.8) is 0 Å². The predicted octanol–water partition coefficient (Wildman–Crippen LogP) is 3.17. The molecule has 0 amide bonds. The Morgan fingerprint density at radius 1 is 1.38 bits per heavy atom. The lowest BCUT2D eigenvalue weighted by atomic mass is 10.2. The molecule has 0 N–H and O–H groups in total. The van der Waals surface area contributed by atoms with Crippen LogP contribution in [0.1, 0.15) is 17.3 Å². The maximum Gasteiger partial charge on any atom is 0.348 e. The van der Waals surface area contributed by atoms with E-state index in [9.17, 15) is 13.6 Å². The monoisotopic (exact) mass is 228 g/mol. The van der Waals surface area contributed by atoms with E-state index in [-0.39, 0.29) is 12.3 Å². The Bertz CT molecular complexity index is 377. The van der Waals surface area contributed by atoms with Crippen LogP contribution >= 0.6 is 0 Å². The summed E-state index contributed by atoms with van der Waals surface area (Å²) in [6, 6.07) is 5.71. The molecular formula is C10H10F2N2O2. The van der Waals surface area contributed by atoms with Crippen molar-refractivity contribution >= 4 is 11.7 Å². The lowest BCUT2D eigenvalue weighted by Gasteiger charge is -2.00. The van der Waals surface area contributed by atoms with Crippen LogP contribution in [0.5, 0.6) is 0 Å². The second kappa shape index (κ2) is 5.89. The van der Waals surface area contributed by atoms with Crippen LogP contribution in [0.3, 0.4) is 0 Å². The van der Waals surface area contributed by atoms with Gasteiger partial charge in [0.25, 0.3) is 0 Å². The average Bonchev–Trinajstić information content (AvgIpc) is 2.27. The Balaban J connectivity index is 2.71. The summed E-state index contributed by atoms with van der Waals surface area (Å²) in [5, 5.41) is 5.96. The van der Waals surface area contributed by atoms with Crippen LogP contribution in [0.15, 0.2) is 34.5 Å². The van der Waals surface area contributed by atoms with Crippen LogP contribution < -0.4 is 0 Å². The number of hydrogen-bond acceptors (Lipinski definition) is 4. The highest BCUT2D eigenvalue weighted by Crippen LogP contribution is 2.15. The van der Waals surface area contributed by atoms with E-state index in [1.165, 1.54) is 24.3 Å². The third-order valence-corrected chi connectivity index (χ3v) is 1.64. The van der Waals surface area contributed by atoms with E-state index in [1.807, 2.05) is 0 Å². The van der Waals surface area contributed by atoms with Crippen molar-refractivity contribution in [3.8, 4) is 0 Å². The summed E-state index contributed by atoms with van der Waals surface area (Å²) in [7, 11) is 0. The Kier molecular flexibility index (Phi) is 4.50. The topological polar surface area (TPSA) is 51.0 Å². The zero-order valence-corrected chi connectivity index (χ0v) is 8.56. The van der Waals surface area contributed by atoms with Gasteiger partial charge in [-0.25, -0.2) is 4.79 Å². The molecule has 0 bridgehead atoms. The number of alkyl halides is 2. The van der Waals surface area contributed by atoms with Gasteiger partial charge in [0.2, 0.25) is 0 Å². The minimum Gasteiger partial charge on any atom is -0.462 e. The number of carbonyl (C=O) groups excluding carboxylic acids is 1. The molecule has 6 heteroatoms. The average molecular weight is 228 g/mol. The lowest BCUT2D eigenvalue weighted by molar-refractivity contribution is 0.0526. The molecule has 0 saturated carbocycles. The fraction of sp³-hybridized carbons (Fsp3) is 0.300. The van der Waals surface area contributed by atoms with Gasteiger partial charge in [-0.15, -0.1) is 5.11 Å². The van der Waals surface area contributed by atoms with Gasteiger partial charge in [0.1, 0.15) is 0 Å². The molecule has 0 atom stereocenters. The van der Waals surface area contributed by atoms with E-state index in [0.717, 1.165) is 0 Å². The summed E-state index contributed by atoms with van der Waals surface area (Å²) in [4.78, 5) is 11.2. The number of nitrogens with zero attached hydrogens (tertiary/aromatic N) is 2. The molecule has 0 aliphatic carbocycles. The van der Waals surface area contributed by atoms with Crippen LogP contribution in [-0.2, 0) is 4.74 Å². The third-order valence-electron chi connectivity index (χ3n) is 1.64. The molecule has 4 nitrogen and oxygen atoms in total. The number of azo groups is 1. The molecule has 0 fully saturated rings. The molecular weight excluding hydrogens is 218 g/mol. The van der Waals surface area contributed by atoms with Gasteiger partial charge >= 0.3 is 12.5 Å². The van der Waals surface area contributed by atoms with Crippen molar-refractivity contribution < 1.29 is 18.3 Å². The van der Waals surface area contributed by atoms with Crippen LogP contribution in [-0.4, -0.2) is 19.1 Å². The standard InChI is InChI=1S/C10H10F2N2O2/c1-2-16-9(15)7-3-5-8(6-4-7)13-14-10(11)12/h3-6,10H,2H2,1H3. The van der Waals surface area contributed by atoms with E-state index in [2.05, 4.69) is 10.2 Å². The van der Waals surface area contributed by atoms with Crippen LogP contribution in [0.4, 0.5) is 14.5 Å². The number of rotatable bonds is 4. The van der Waals surface area contributed by atoms with Gasteiger partial charge < -0.3 is 4.74 Å². The summed E-state index contributed by atoms with van der Waals surface area (Å²) in [6.45, 7) is -0.848. The quantitative estimate of drug-likeness (QED) is 0.451. The molecule has 1 rings (SSSR count). The van der Waals surface area contributed by atoms with E-state index >= 15 is 0 Å². The number of halogens is 2. The van der Waals surface area contributed by atoms with E-state index < -0.39 is 12.5 Å². The minimum atomic E-state index is -2.83. The van der Waals surface area contributed by atoms with Crippen molar-refractivity contribution in [1.82, 2.24) is 0 Å². The zero-order valence-electron chi connectivity index (χ0n) is 8.56. The molecule has 0 unspecified atom stereocenters. The van der Waals surface area contributed by atoms with Gasteiger partial charge in [-0.1, -0.05) is 0 Å². The molecule has 0 saturated heterocycles. The number of carbonyl (C=O) groups is 1. The van der Waals surface area contributed by atoms with Crippen LogP contribution in [0.2, 0.25) is 0 Å². The molecule has 0 spiro atoms. The fourth-order valence-corrected chi connectivity index (χ4v) is 0.989. The van der Waals surface area contributed by atoms with Crippen molar-refractivity contribution in [2.24, 2.45) is 10.2 Å². The van der Waals surface area contributed by atoms with Crippen LogP contribution in [0, 0.1) is 0 Å². The molecule has 1 aromatic rings. The second-order valence-corrected chi connectivity index (χ2v) is 2.76. The van der Waals surface area contributed by atoms with Crippen LogP contribution in [0.25, 0.3) is 0 Å². The van der Waals surface area contributed by atoms with Gasteiger partial charge in [0, 0.05) is 0 Å². The smallest absolute Gasteiger partial charge is 0.348 e. The molecule has 16 heavy (non-hydrogen) atoms. The first-order chi connectivity index (χ1) is 7.63. The Hall–Kier alpha value is -1.85. The lowest BCUT2D eigenvalue weighted by Crippen LogP contribution is -2.03. The van der Waals surface area contributed by atoms with E-state index in [1.54, 1.807) is 6.92 Å². The Morgan fingerprint density at radius 2 is 2.00 bits per heavy atom. The van der Waals surface area contributed by atoms with Gasteiger partial charge in [0.15, 0.2) is 0 Å². The number of esters is 1. The molecule has 0 aliphatic rings. The maximum atomic E-state index is 11.7. The highest BCUT2D eigenvalue weighted by atomic mass is 19.3. The van der Waals surface area contributed by atoms with Crippen molar-refractivity contribution in [3.05, 3.63) is 29.8 Å². The Labute approximate surface area is 90.9 Å². The molecule has 0 heterocycles. The fourth-order valence-electron chi connectivity index (χ4n) is 0.989. The highest BCUT2D eigenvalue weighted by molar-refractivity contribution is 5.89. The van der Waals surface area contributed by atoms with Gasteiger partial charge in [-0.2, -0.15) is 13.9 Å². The third kappa shape index (κ3) is 3.72. The highest BCUT2D eigenvalue weighted by Gasteiger charge is 2.05. The first-order valence-corrected chi connectivity index (χ1v) is 4.59. The molecule has 0 radical (unpaired) electrons. The minimum absolute atomic E-state index is 0.258. The number of benzene rings is 1. The summed E-state index contributed by atoms with van der Waals surface area (Å²) >= 11 is 0. The largest absolute Gasteiger partial charge is 0.462 e. The number of ether oxygens (including phenoxy) is 1. The van der Waals surface area contributed by atoms with Crippen molar-refractivity contribution in [2.75, 3.05) is 6.61 Å². The van der Waals surface area contributed by atoms with Crippen molar-refractivity contribution in [1.29, 1.82) is 0 Å². The van der Waals surface area contributed by atoms with Gasteiger partial charge in [-0.3, -0.25) is 0 Å². The number of hydrogen-bond donors (Lipinski definition) is 0. The van der Waals surface area contributed by atoms with E-state index in [4.69, 9.17) is 4.74 Å². The summed E-state index contributed by atoms with van der Waals surface area (Å²) in [5.74, 6) is -0.458. The SMILES string of the molecule is CCOC(=O)c1ccc(N=NC(F)F)cc1. The zero-order chi connectivity index (χ0) is 12.0. The summed E-state index contributed by atoms with van der Waals surface area (Å²) < 4.78 is 28.1. The molecule has 1 aromatic carbocycles. The van der Waals surface area contributed by atoms with E-state index in [0.29, 0.717) is 5.56 Å². The first-order valence-electron chi connectivity index (χ1n) is 4.59. The second-order valence-electron chi connectivity index (χ2n) is 2.76. The predicted molar refractivity (Wildman–Crippen MR) is 52.9 cm³/mol. The molecule has 0 aliphatic heterocycles. The molecule has 0 aromatic heterocycles. The summed E-state index contributed by atoms with van der Waals surface area (Å²) in [6.07, 6.45) is 0. The normalized spacial score (nSPS) is 11.0. The maximum absolute atomic E-state index is 11.7. The van der Waals surface area contributed by atoms with Gasteiger partial charge in [-0.05, 0) is 31.2 Å². The Morgan fingerprint density at radius 3 is 2.50 bits per heavy atom. The first kappa shape index (κ1) is 12.2.